The third-order valence-corrected chi connectivity index (χ3v) is 3.72. The Kier molecular flexibility index (Phi) is 3.51. The first kappa shape index (κ1) is 14.4. The first-order valence-corrected chi connectivity index (χ1v) is 6.84. The van der Waals surface area contributed by atoms with Crippen LogP contribution in [0.5, 0.6) is 0 Å². The molecule has 20 heavy (non-hydrogen) atoms. The fraction of sp³-hybridized carbons (Fsp3) is 0.500. The highest BCUT2D eigenvalue weighted by atomic mass is 32.1. The molecule has 0 aliphatic heterocycles. The molecule has 0 amide bonds. The van der Waals surface area contributed by atoms with Crippen LogP contribution in [0.2, 0.25) is 0 Å². The lowest BCUT2D eigenvalue weighted by molar-refractivity contribution is -0.135. The van der Waals surface area contributed by atoms with Gasteiger partial charge in [-0.2, -0.15) is 4.52 Å². The van der Waals surface area contributed by atoms with Crippen molar-refractivity contribution in [2.75, 3.05) is 18.5 Å². The highest BCUT2D eigenvalue weighted by Gasteiger charge is 2.20. The number of likely N-dealkylation sites (N-methyl/N-ethyl adjacent to an activating group) is 1. The molecule has 0 aliphatic rings. The zero-order chi connectivity index (χ0) is 15.1. The molecule has 0 bridgehead atoms. The average Bonchev–Trinajstić information content (AvgIpc) is 2.71. The average molecular weight is 296 g/mol. The van der Waals surface area contributed by atoms with Crippen LogP contribution in [0.25, 0.3) is 4.96 Å². The zero-order valence-corrected chi connectivity index (χ0v) is 12.6. The summed E-state index contributed by atoms with van der Waals surface area (Å²) < 4.78 is 1.20. The molecule has 108 valence electrons. The SMILES string of the molecule is CN(CC(=O)O)c1nn2c(=O)cc(C(C)(C)C)nc2s1. The van der Waals surface area contributed by atoms with Crippen molar-refractivity contribution in [3.63, 3.8) is 0 Å². The van der Waals surface area contributed by atoms with Gasteiger partial charge in [-0.25, -0.2) is 4.98 Å². The lowest BCUT2D eigenvalue weighted by Gasteiger charge is -2.16. The van der Waals surface area contributed by atoms with Crippen LogP contribution in [0.4, 0.5) is 5.13 Å². The van der Waals surface area contributed by atoms with Crippen LogP contribution < -0.4 is 10.5 Å². The number of carbonyl (C=O) groups is 1. The van der Waals surface area contributed by atoms with Crippen LogP contribution in [-0.4, -0.2) is 39.3 Å². The summed E-state index contributed by atoms with van der Waals surface area (Å²) in [6.07, 6.45) is 0. The van der Waals surface area contributed by atoms with Gasteiger partial charge in [0.05, 0.1) is 5.69 Å². The molecule has 1 N–H and O–H groups in total. The fourth-order valence-corrected chi connectivity index (χ4v) is 2.48. The van der Waals surface area contributed by atoms with E-state index < -0.39 is 5.97 Å². The minimum absolute atomic E-state index is 0.180. The number of fused-ring (bicyclic) bond motifs is 1. The van der Waals surface area contributed by atoms with E-state index >= 15 is 0 Å². The van der Waals surface area contributed by atoms with Crippen molar-refractivity contribution in [1.29, 1.82) is 0 Å². The topological polar surface area (TPSA) is 87.8 Å². The number of hydrogen-bond acceptors (Lipinski definition) is 6. The summed E-state index contributed by atoms with van der Waals surface area (Å²) in [6.45, 7) is 5.75. The van der Waals surface area contributed by atoms with Crippen molar-refractivity contribution in [1.82, 2.24) is 14.6 Å². The summed E-state index contributed by atoms with van der Waals surface area (Å²) >= 11 is 1.20. The number of carboxylic acid groups (broad SMARTS) is 1. The lowest BCUT2D eigenvalue weighted by Crippen LogP contribution is -2.25. The standard InChI is InChI=1S/C12H16N4O3S/c1-12(2,3)7-5-8(17)16-10(13-7)20-11(14-16)15(4)6-9(18)19/h5H,6H2,1-4H3,(H,18,19). The first-order chi connectivity index (χ1) is 9.18. The number of carboxylic acids is 1. The second-order valence-electron chi connectivity index (χ2n) is 5.56. The number of aromatic nitrogens is 3. The van der Waals surface area contributed by atoms with Crippen LogP contribution >= 0.6 is 11.3 Å². The van der Waals surface area contributed by atoms with E-state index in [1.165, 1.54) is 26.8 Å². The van der Waals surface area contributed by atoms with Crippen LogP contribution in [0.15, 0.2) is 10.9 Å². The van der Waals surface area contributed by atoms with Crippen molar-refractivity contribution in [2.45, 2.75) is 26.2 Å². The van der Waals surface area contributed by atoms with Gasteiger partial charge in [-0.1, -0.05) is 32.1 Å². The number of nitrogens with zero attached hydrogens (tertiary/aromatic N) is 4. The molecule has 0 fully saturated rings. The Morgan fingerprint density at radius 3 is 2.70 bits per heavy atom. The fourth-order valence-electron chi connectivity index (χ4n) is 1.61. The Bertz CT molecular complexity index is 714. The molecule has 7 nitrogen and oxygen atoms in total. The monoisotopic (exact) mass is 296 g/mol. The number of hydrogen-bond donors (Lipinski definition) is 1. The Labute approximate surface area is 119 Å². The second kappa shape index (κ2) is 4.86. The molecule has 0 aliphatic carbocycles. The summed E-state index contributed by atoms with van der Waals surface area (Å²) in [5.74, 6) is -0.956. The highest BCUT2D eigenvalue weighted by molar-refractivity contribution is 7.20. The molecule has 0 atom stereocenters. The van der Waals surface area contributed by atoms with Gasteiger partial charge in [-0.15, -0.1) is 5.10 Å². The van der Waals surface area contributed by atoms with Crippen molar-refractivity contribution in [3.05, 3.63) is 22.1 Å². The Balaban J connectivity index is 2.52. The Morgan fingerprint density at radius 2 is 2.15 bits per heavy atom. The molecule has 0 radical (unpaired) electrons. The predicted molar refractivity (Wildman–Crippen MR) is 76.7 cm³/mol. The van der Waals surface area contributed by atoms with Gasteiger partial charge in [0.1, 0.15) is 6.54 Å². The van der Waals surface area contributed by atoms with E-state index in [4.69, 9.17) is 5.11 Å². The molecule has 0 aromatic carbocycles. The highest BCUT2D eigenvalue weighted by Crippen LogP contribution is 2.23. The van der Waals surface area contributed by atoms with Crippen molar-refractivity contribution >= 4 is 27.4 Å². The van der Waals surface area contributed by atoms with Crippen molar-refractivity contribution in [3.8, 4) is 0 Å². The summed E-state index contributed by atoms with van der Waals surface area (Å²) in [4.78, 5) is 29.1. The third kappa shape index (κ3) is 2.79. The summed E-state index contributed by atoms with van der Waals surface area (Å²) in [5, 5.41) is 13.3. The summed E-state index contributed by atoms with van der Waals surface area (Å²) in [6, 6.07) is 1.47. The van der Waals surface area contributed by atoms with Crippen LogP contribution in [0, 0.1) is 0 Å². The minimum atomic E-state index is -0.956. The molecular formula is C12H16N4O3S. The van der Waals surface area contributed by atoms with Crippen LogP contribution in [0.1, 0.15) is 26.5 Å². The normalized spacial score (nSPS) is 11.8. The molecule has 0 saturated carbocycles. The van der Waals surface area contributed by atoms with E-state index in [2.05, 4.69) is 10.1 Å². The van der Waals surface area contributed by atoms with Crippen LogP contribution in [0.3, 0.4) is 0 Å². The van der Waals surface area contributed by atoms with Gasteiger partial charge in [0.2, 0.25) is 10.1 Å². The van der Waals surface area contributed by atoms with Gasteiger partial charge in [0.15, 0.2) is 0 Å². The molecule has 8 heteroatoms. The number of anilines is 1. The van der Waals surface area contributed by atoms with Crippen molar-refractivity contribution < 1.29 is 9.90 Å². The molecular weight excluding hydrogens is 280 g/mol. The largest absolute Gasteiger partial charge is 0.480 e. The molecule has 2 heterocycles. The lowest BCUT2D eigenvalue weighted by atomic mass is 9.92. The summed E-state index contributed by atoms with van der Waals surface area (Å²) in [5.41, 5.74) is 0.204. The van der Waals surface area contributed by atoms with E-state index in [1.54, 1.807) is 7.05 Å². The quantitative estimate of drug-likeness (QED) is 0.908. The predicted octanol–water partition coefficient (Wildman–Crippen LogP) is 0.969. The molecule has 0 unspecified atom stereocenters. The molecule has 2 aromatic heterocycles. The van der Waals surface area contributed by atoms with E-state index in [1.807, 2.05) is 20.8 Å². The number of rotatable bonds is 3. The molecule has 0 spiro atoms. The maximum atomic E-state index is 12.0. The van der Waals surface area contributed by atoms with Gasteiger partial charge in [0, 0.05) is 18.5 Å². The first-order valence-electron chi connectivity index (χ1n) is 6.03. The maximum Gasteiger partial charge on any atom is 0.323 e. The smallest absolute Gasteiger partial charge is 0.323 e. The van der Waals surface area contributed by atoms with E-state index in [0.717, 1.165) is 0 Å². The van der Waals surface area contributed by atoms with E-state index in [-0.39, 0.29) is 17.5 Å². The Morgan fingerprint density at radius 1 is 1.50 bits per heavy atom. The van der Waals surface area contributed by atoms with E-state index in [9.17, 15) is 9.59 Å². The van der Waals surface area contributed by atoms with Gasteiger partial charge in [-0.3, -0.25) is 9.59 Å². The zero-order valence-electron chi connectivity index (χ0n) is 11.7. The van der Waals surface area contributed by atoms with Gasteiger partial charge in [-0.05, 0) is 0 Å². The minimum Gasteiger partial charge on any atom is -0.480 e. The van der Waals surface area contributed by atoms with Crippen molar-refractivity contribution in [2.24, 2.45) is 0 Å². The molecule has 0 saturated heterocycles. The third-order valence-electron chi connectivity index (χ3n) is 2.70. The molecule has 2 aromatic rings. The van der Waals surface area contributed by atoms with Gasteiger partial charge >= 0.3 is 5.97 Å². The number of aliphatic carboxylic acids is 1. The summed E-state index contributed by atoms with van der Waals surface area (Å²) in [7, 11) is 1.61. The van der Waals surface area contributed by atoms with Gasteiger partial charge in [0.25, 0.3) is 5.56 Å². The second-order valence-corrected chi connectivity index (χ2v) is 6.49. The molecule has 2 rings (SSSR count). The maximum absolute atomic E-state index is 12.0. The van der Waals surface area contributed by atoms with Crippen LogP contribution in [-0.2, 0) is 10.2 Å². The van der Waals surface area contributed by atoms with Gasteiger partial charge < -0.3 is 10.0 Å². The van der Waals surface area contributed by atoms with E-state index in [0.29, 0.717) is 15.8 Å². The Hall–Kier alpha value is -1.96.